The fraction of sp³-hybridized carbons (Fsp3) is 0.692. The van der Waals surface area contributed by atoms with Crippen LogP contribution in [0.5, 0.6) is 0 Å². The van der Waals surface area contributed by atoms with Gasteiger partial charge in [-0.05, 0) is 17.9 Å². The lowest BCUT2D eigenvalue weighted by atomic mass is 9.93. The van der Waals surface area contributed by atoms with E-state index in [0.717, 1.165) is 26.1 Å². The molecule has 1 aliphatic heterocycles. The average Bonchev–Trinajstić information content (AvgIpc) is 2.90. The van der Waals surface area contributed by atoms with Crippen molar-refractivity contribution in [1.82, 2.24) is 10.2 Å². The lowest BCUT2D eigenvalue weighted by molar-refractivity contribution is 0.170. The highest BCUT2D eigenvalue weighted by molar-refractivity contribution is 7.10. The number of rotatable bonds is 6. The van der Waals surface area contributed by atoms with Gasteiger partial charge in [0.25, 0.3) is 0 Å². The summed E-state index contributed by atoms with van der Waals surface area (Å²) in [7, 11) is 0. The van der Waals surface area contributed by atoms with Crippen molar-refractivity contribution in [2.24, 2.45) is 5.73 Å². The minimum atomic E-state index is 0.205. The van der Waals surface area contributed by atoms with Gasteiger partial charge in [0.1, 0.15) is 0 Å². The first kappa shape index (κ1) is 14.0. The van der Waals surface area contributed by atoms with Gasteiger partial charge >= 0.3 is 0 Å². The molecular weight excluding hydrogens is 246 g/mol. The first-order chi connectivity index (χ1) is 8.83. The monoisotopic (exact) mass is 269 g/mol. The second-order valence-electron chi connectivity index (χ2n) is 4.87. The number of aliphatic hydroxyl groups excluding tert-OH is 1. The zero-order valence-corrected chi connectivity index (χ0v) is 11.5. The fourth-order valence-corrected chi connectivity index (χ4v) is 3.54. The van der Waals surface area contributed by atoms with Crippen molar-refractivity contribution >= 4 is 11.3 Å². The number of nitrogens with one attached hydrogen (secondary N) is 1. The Hall–Kier alpha value is -0.460. The van der Waals surface area contributed by atoms with E-state index in [4.69, 9.17) is 10.8 Å². The lowest BCUT2D eigenvalue weighted by Crippen LogP contribution is -2.50. The van der Waals surface area contributed by atoms with Crippen molar-refractivity contribution in [2.75, 3.05) is 39.3 Å². The molecule has 0 aliphatic carbocycles. The summed E-state index contributed by atoms with van der Waals surface area (Å²) in [5, 5.41) is 14.5. The largest absolute Gasteiger partial charge is 0.395 e. The third kappa shape index (κ3) is 3.76. The van der Waals surface area contributed by atoms with Gasteiger partial charge in [-0.3, -0.25) is 4.90 Å². The van der Waals surface area contributed by atoms with Crippen LogP contribution < -0.4 is 11.1 Å². The summed E-state index contributed by atoms with van der Waals surface area (Å²) in [6.45, 7) is 4.70. The van der Waals surface area contributed by atoms with E-state index in [0.29, 0.717) is 25.0 Å². The summed E-state index contributed by atoms with van der Waals surface area (Å²) in [6.07, 6.45) is 1.15. The maximum Gasteiger partial charge on any atom is 0.0556 e. The Balaban J connectivity index is 1.97. The molecule has 0 radical (unpaired) electrons. The molecule has 18 heavy (non-hydrogen) atoms. The molecule has 2 heterocycles. The van der Waals surface area contributed by atoms with Gasteiger partial charge in [0.15, 0.2) is 0 Å². The summed E-state index contributed by atoms with van der Waals surface area (Å²) in [5.74, 6) is 0.599. The molecule has 1 aromatic heterocycles. The van der Waals surface area contributed by atoms with E-state index in [1.54, 1.807) is 0 Å². The maximum atomic E-state index is 8.92. The fourth-order valence-electron chi connectivity index (χ4n) is 2.70. The summed E-state index contributed by atoms with van der Waals surface area (Å²) in [4.78, 5) is 3.90. The predicted octanol–water partition coefficient (Wildman–Crippen LogP) is 0.447. The van der Waals surface area contributed by atoms with Gasteiger partial charge < -0.3 is 16.2 Å². The third-order valence-electron chi connectivity index (χ3n) is 3.46. The SMILES string of the molecule is NCCN1CC(NCCO)CC(c2cccs2)C1. The number of nitrogens with zero attached hydrogens (tertiary/aromatic N) is 1. The van der Waals surface area contributed by atoms with Crippen LogP contribution in [0.3, 0.4) is 0 Å². The molecule has 0 spiro atoms. The van der Waals surface area contributed by atoms with Gasteiger partial charge in [-0.25, -0.2) is 0 Å². The van der Waals surface area contributed by atoms with Crippen LogP contribution in [0, 0.1) is 0 Å². The van der Waals surface area contributed by atoms with E-state index in [1.807, 2.05) is 11.3 Å². The van der Waals surface area contributed by atoms with Crippen molar-refractivity contribution in [2.45, 2.75) is 18.4 Å². The Labute approximate surface area is 113 Å². The topological polar surface area (TPSA) is 61.5 Å². The minimum absolute atomic E-state index is 0.205. The molecule has 5 heteroatoms. The molecule has 1 aliphatic rings. The zero-order chi connectivity index (χ0) is 12.8. The van der Waals surface area contributed by atoms with E-state index in [2.05, 4.69) is 27.7 Å². The van der Waals surface area contributed by atoms with Gasteiger partial charge in [0.05, 0.1) is 6.61 Å². The van der Waals surface area contributed by atoms with E-state index in [-0.39, 0.29) is 6.61 Å². The number of nitrogens with two attached hydrogens (primary N) is 1. The van der Waals surface area contributed by atoms with Crippen LogP contribution in [0.1, 0.15) is 17.2 Å². The number of thiophene rings is 1. The minimum Gasteiger partial charge on any atom is -0.395 e. The Morgan fingerprint density at radius 3 is 3.06 bits per heavy atom. The van der Waals surface area contributed by atoms with Crippen LogP contribution in [-0.2, 0) is 0 Å². The Kier molecular flexibility index (Phi) is 5.59. The number of aliphatic hydroxyl groups is 1. The molecule has 4 nitrogen and oxygen atoms in total. The Bertz CT molecular complexity index is 331. The van der Waals surface area contributed by atoms with Gasteiger partial charge in [-0.15, -0.1) is 11.3 Å². The molecule has 2 unspecified atom stereocenters. The summed E-state index contributed by atoms with van der Waals surface area (Å²) < 4.78 is 0. The van der Waals surface area contributed by atoms with Crippen molar-refractivity contribution in [1.29, 1.82) is 0 Å². The van der Waals surface area contributed by atoms with Gasteiger partial charge in [0, 0.05) is 49.6 Å². The zero-order valence-electron chi connectivity index (χ0n) is 10.7. The summed E-state index contributed by atoms with van der Waals surface area (Å²) in [6, 6.07) is 4.81. The molecule has 1 saturated heterocycles. The van der Waals surface area contributed by atoms with Gasteiger partial charge in [-0.1, -0.05) is 6.07 Å². The van der Waals surface area contributed by atoms with Crippen LogP contribution in [-0.4, -0.2) is 55.4 Å². The normalized spacial score (nSPS) is 25.4. The van der Waals surface area contributed by atoms with E-state index in [1.165, 1.54) is 4.88 Å². The first-order valence-corrected chi connectivity index (χ1v) is 7.51. The van der Waals surface area contributed by atoms with Crippen molar-refractivity contribution in [3.8, 4) is 0 Å². The Morgan fingerprint density at radius 1 is 1.50 bits per heavy atom. The molecule has 2 rings (SSSR count). The molecule has 0 bridgehead atoms. The van der Waals surface area contributed by atoms with Crippen LogP contribution >= 0.6 is 11.3 Å². The molecule has 1 aromatic rings. The predicted molar refractivity (Wildman–Crippen MR) is 76.0 cm³/mol. The molecule has 0 amide bonds. The standard InChI is InChI=1S/C13H23N3OS/c14-3-5-16-9-11(13-2-1-7-18-13)8-12(10-16)15-4-6-17/h1-2,7,11-12,15,17H,3-6,8-10,14H2. The average molecular weight is 269 g/mol. The quantitative estimate of drug-likeness (QED) is 0.701. The number of piperidine rings is 1. The maximum absolute atomic E-state index is 8.92. The third-order valence-corrected chi connectivity index (χ3v) is 4.50. The molecule has 2 atom stereocenters. The van der Waals surface area contributed by atoms with Crippen LogP contribution in [0.25, 0.3) is 0 Å². The summed E-state index contributed by atoms with van der Waals surface area (Å²) >= 11 is 1.84. The van der Waals surface area contributed by atoms with Crippen LogP contribution in [0.4, 0.5) is 0 Å². The number of hydrogen-bond donors (Lipinski definition) is 3. The van der Waals surface area contributed by atoms with Crippen molar-refractivity contribution in [3.05, 3.63) is 22.4 Å². The van der Waals surface area contributed by atoms with Crippen molar-refractivity contribution < 1.29 is 5.11 Å². The molecule has 102 valence electrons. The number of hydrogen-bond acceptors (Lipinski definition) is 5. The number of likely N-dealkylation sites (tertiary alicyclic amines) is 1. The highest BCUT2D eigenvalue weighted by atomic mass is 32.1. The van der Waals surface area contributed by atoms with Crippen molar-refractivity contribution in [3.63, 3.8) is 0 Å². The highest BCUT2D eigenvalue weighted by Crippen LogP contribution is 2.29. The molecule has 4 N–H and O–H groups in total. The summed E-state index contributed by atoms with van der Waals surface area (Å²) in [5.41, 5.74) is 5.67. The van der Waals surface area contributed by atoms with Gasteiger partial charge in [-0.2, -0.15) is 0 Å². The van der Waals surface area contributed by atoms with E-state index in [9.17, 15) is 0 Å². The Morgan fingerprint density at radius 2 is 2.39 bits per heavy atom. The highest BCUT2D eigenvalue weighted by Gasteiger charge is 2.27. The molecule has 0 saturated carbocycles. The van der Waals surface area contributed by atoms with Gasteiger partial charge in [0.2, 0.25) is 0 Å². The van der Waals surface area contributed by atoms with Crippen LogP contribution in [0.15, 0.2) is 17.5 Å². The van der Waals surface area contributed by atoms with E-state index >= 15 is 0 Å². The van der Waals surface area contributed by atoms with E-state index < -0.39 is 0 Å². The first-order valence-electron chi connectivity index (χ1n) is 6.63. The second kappa shape index (κ2) is 7.21. The molecule has 0 aromatic carbocycles. The molecular formula is C13H23N3OS. The lowest BCUT2D eigenvalue weighted by Gasteiger charge is -2.37. The smallest absolute Gasteiger partial charge is 0.0556 e. The second-order valence-corrected chi connectivity index (χ2v) is 5.85. The molecule has 1 fully saturated rings. The van der Waals surface area contributed by atoms with Crippen LogP contribution in [0.2, 0.25) is 0 Å².